The van der Waals surface area contributed by atoms with E-state index in [2.05, 4.69) is 76.0 Å². The summed E-state index contributed by atoms with van der Waals surface area (Å²) < 4.78 is 2.43. The van der Waals surface area contributed by atoms with Gasteiger partial charge in [-0.25, -0.2) is 10.1 Å². The highest BCUT2D eigenvalue weighted by atomic mass is 79.9. The van der Waals surface area contributed by atoms with Crippen LogP contribution in [0.4, 0.5) is 0 Å². The lowest BCUT2D eigenvalue weighted by molar-refractivity contribution is 0.448. The van der Waals surface area contributed by atoms with E-state index in [1.807, 2.05) is 35.8 Å². The normalized spacial score (nSPS) is 11.3. The number of fused-ring (bicyclic) bond motifs is 1. The van der Waals surface area contributed by atoms with Crippen LogP contribution in [-0.2, 0) is 6.54 Å². The Kier molecular flexibility index (Phi) is 4.47. The Morgan fingerprint density at radius 2 is 1.77 bits per heavy atom. The number of aromatic hydroxyl groups is 1. The van der Waals surface area contributed by atoms with Gasteiger partial charge in [0.1, 0.15) is 16.9 Å². The zero-order chi connectivity index (χ0) is 20.7. The fourth-order valence-electron chi connectivity index (χ4n) is 3.50. The first-order chi connectivity index (χ1) is 14.6. The lowest BCUT2D eigenvalue weighted by atomic mass is 9.98. The van der Waals surface area contributed by atoms with Gasteiger partial charge in [-0.05, 0) is 50.0 Å². The summed E-state index contributed by atoms with van der Waals surface area (Å²) in [4.78, 5) is 4.51. The molecule has 0 unspecified atom stereocenters. The van der Waals surface area contributed by atoms with Crippen molar-refractivity contribution in [2.45, 2.75) is 13.5 Å². The topological polar surface area (TPSA) is 118 Å². The van der Waals surface area contributed by atoms with Crippen molar-refractivity contribution >= 4 is 27.0 Å². The fourth-order valence-corrected chi connectivity index (χ4v) is 3.86. The van der Waals surface area contributed by atoms with Gasteiger partial charge in [0.15, 0.2) is 10.4 Å². The molecule has 30 heavy (non-hydrogen) atoms. The minimum absolute atomic E-state index is 0.139. The molecular formula is C20H15BrN8O. The number of aryl methyl sites for hydroxylation is 1. The number of aromatic nitrogens is 8. The number of nitrogens with zero attached hydrogens (tertiary/aromatic N) is 7. The summed E-state index contributed by atoms with van der Waals surface area (Å²) in [7, 11) is 0. The number of benzene rings is 2. The maximum absolute atomic E-state index is 10.2. The van der Waals surface area contributed by atoms with Crippen LogP contribution in [0.25, 0.3) is 33.5 Å². The predicted octanol–water partition coefficient (Wildman–Crippen LogP) is 3.50. The van der Waals surface area contributed by atoms with Crippen molar-refractivity contribution in [1.82, 2.24) is 40.4 Å². The van der Waals surface area contributed by atoms with Gasteiger partial charge in [-0.1, -0.05) is 48.5 Å². The molecule has 0 radical (unpaired) electrons. The third-order valence-electron chi connectivity index (χ3n) is 4.93. The van der Waals surface area contributed by atoms with Gasteiger partial charge in [0.05, 0.1) is 0 Å². The highest BCUT2D eigenvalue weighted by Gasteiger charge is 2.17. The first kappa shape index (κ1) is 18.4. The Balaban J connectivity index is 1.50. The molecule has 148 valence electrons. The number of imidazole rings is 1. The predicted molar refractivity (Wildman–Crippen MR) is 114 cm³/mol. The zero-order valence-electron chi connectivity index (χ0n) is 15.8. The first-order valence-corrected chi connectivity index (χ1v) is 9.91. The number of aromatic amines is 1. The van der Waals surface area contributed by atoms with Crippen molar-refractivity contribution in [2.24, 2.45) is 0 Å². The molecule has 0 aliphatic heterocycles. The minimum atomic E-state index is -0.139. The molecule has 2 aromatic carbocycles. The van der Waals surface area contributed by atoms with Gasteiger partial charge in [-0.15, -0.1) is 15.3 Å². The van der Waals surface area contributed by atoms with E-state index in [4.69, 9.17) is 0 Å². The molecule has 0 spiro atoms. The number of rotatable bonds is 4. The Morgan fingerprint density at radius 3 is 2.50 bits per heavy atom. The fraction of sp³-hybridized carbons (Fsp3) is 0.100. The largest absolute Gasteiger partial charge is 0.491 e. The first-order valence-electron chi connectivity index (χ1n) is 9.12. The van der Waals surface area contributed by atoms with Crippen LogP contribution in [0, 0.1) is 6.92 Å². The van der Waals surface area contributed by atoms with Crippen LogP contribution in [0.2, 0.25) is 0 Å². The second-order valence-corrected chi connectivity index (χ2v) is 7.50. The minimum Gasteiger partial charge on any atom is -0.491 e. The number of halogens is 1. The third kappa shape index (κ3) is 3.11. The summed E-state index contributed by atoms with van der Waals surface area (Å²) in [6.07, 6.45) is 0. The van der Waals surface area contributed by atoms with Gasteiger partial charge in [0.2, 0.25) is 0 Å². The summed E-state index contributed by atoms with van der Waals surface area (Å²) in [5.74, 6) is 1.25. The van der Waals surface area contributed by atoms with E-state index >= 15 is 0 Å². The molecule has 3 heterocycles. The molecule has 0 amide bonds. The summed E-state index contributed by atoms with van der Waals surface area (Å²) in [5.41, 5.74) is 5.22. The quantitative estimate of drug-likeness (QED) is 0.419. The molecule has 0 atom stereocenters. The monoisotopic (exact) mass is 462 g/mol. The van der Waals surface area contributed by atoms with Crippen molar-refractivity contribution in [1.29, 1.82) is 0 Å². The summed E-state index contributed by atoms with van der Waals surface area (Å²) in [6, 6.07) is 16.2. The molecule has 0 fully saturated rings. The molecule has 0 saturated carbocycles. The smallest absolute Gasteiger partial charge is 0.257 e. The molecule has 2 N–H and O–H groups in total. The standard InChI is InChI=1S/C20H15BrN8O/c1-11-22-16-17(20(30)26-23-18(16)21)29(11)10-12-6-8-13(9-7-12)14-4-2-3-5-15(14)19-24-27-28-25-19/h2-9H,10H2,1H3,(H,26,30)(H,24,25,27,28). The van der Waals surface area contributed by atoms with Crippen molar-refractivity contribution in [3.05, 3.63) is 64.5 Å². The van der Waals surface area contributed by atoms with Gasteiger partial charge >= 0.3 is 0 Å². The molecule has 5 aromatic rings. The van der Waals surface area contributed by atoms with Gasteiger partial charge < -0.3 is 9.67 Å². The zero-order valence-corrected chi connectivity index (χ0v) is 17.4. The molecule has 5 rings (SSSR count). The molecular weight excluding hydrogens is 448 g/mol. The van der Waals surface area contributed by atoms with Gasteiger partial charge in [0.25, 0.3) is 5.88 Å². The van der Waals surface area contributed by atoms with E-state index < -0.39 is 0 Å². The molecule has 0 aliphatic rings. The highest BCUT2D eigenvalue weighted by molar-refractivity contribution is 9.10. The van der Waals surface area contributed by atoms with E-state index in [0.717, 1.165) is 28.1 Å². The summed E-state index contributed by atoms with van der Waals surface area (Å²) in [5, 5.41) is 32.1. The number of hydrogen-bond acceptors (Lipinski definition) is 7. The van der Waals surface area contributed by atoms with Crippen molar-refractivity contribution < 1.29 is 5.11 Å². The number of hydrogen-bond donors (Lipinski definition) is 2. The van der Waals surface area contributed by atoms with Crippen LogP contribution in [0.1, 0.15) is 11.4 Å². The van der Waals surface area contributed by atoms with Crippen LogP contribution < -0.4 is 0 Å². The molecule has 3 aromatic heterocycles. The maximum Gasteiger partial charge on any atom is 0.257 e. The van der Waals surface area contributed by atoms with E-state index in [1.54, 1.807) is 0 Å². The van der Waals surface area contributed by atoms with Gasteiger partial charge in [-0.2, -0.15) is 0 Å². The van der Waals surface area contributed by atoms with E-state index in [1.165, 1.54) is 0 Å². The molecule has 0 aliphatic carbocycles. The highest BCUT2D eigenvalue weighted by Crippen LogP contribution is 2.31. The summed E-state index contributed by atoms with van der Waals surface area (Å²) >= 11 is 3.35. The SMILES string of the molecule is Cc1nc2c(Br)nnc(O)c2n1Cc1ccc(-c2ccccc2-c2nnn[nH]2)cc1. The Hall–Kier alpha value is -3.66. The second-order valence-electron chi connectivity index (χ2n) is 6.75. The third-order valence-corrected chi connectivity index (χ3v) is 5.47. The van der Waals surface area contributed by atoms with Crippen LogP contribution in [0.15, 0.2) is 53.1 Å². The van der Waals surface area contributed by atoms with Crippen LogP contribution in [0.5, 0.6) is 5.88 Å². The number of nitrogens with one attached hydrogen (secondary N) is 1. The van der Waals surface area contributed by atoms with E-state index in [0.29, 0.717) is 28.0 Å². The van der Waals surface area contributed by atoms with Gasteiger partial charge in [-0.3, -0.25) is 0 Å². The van der Waals surface area contributed by atoms with E-state index in [9.17, 15) is 5.11 Å². The van der Waals surface area contributed by atoms with Crippen molar-refractivity contribution in [3.8, 4) is 28.4 Å². The van der Waals surface area contributed by atoms with Crippen LogP contribution in [0.3, 0.4) is 0 Å². The summed E-state index contributed by atoms with van der Waals surface area (Å²) in [6.45, 7) is 2.43. The van der Waals surface area contributed by atoms with Crippen molar-refractivity contribution in [2.75, 3.05) is 0 Å². The second kappa shape index (κ2) is 7.30. The lowest BCUT2D eigenvalue weighted by Gasteiger charge is -2.10. The molecule has 9 nitrogen and oxygen atoms in total. The average molecular weight is 463 g/mol. The average Bonchev–Trinajstić information content (AvgIpc) is 3.41. The maximum atomic E-state index is 10.2. The number of tetrazole rings is 1. The van der Waals surface area contributed by atoms with Gasteiger partial charge in [0, 0.05) is 12.1 Å². The molecule has 10 heteroatoms. The number of H-pyrrole nitrogens is 1. The van der Waals surface area contributed by atoms with Crippen molar-refractivity contribution in [3.63, 3.8) is 0 Å². The van der Waals surface area contributed by atoms with Crippen LogP contribution >= 0.6 is 15.9 Å². The molecule has 0 bridgehead atoms. The van der Waals surface area contributed by atoms with E-state index in [-0.39, 0.29) is 5.88 Å². The van der Waals surface area contributed by atoms with Crippen LogP contribution in [-0.4, -0.2) is 45.5 Å². The Bertz CT molecular complexity index is 1350. The Labute approximate surface area is 178 Å². The molecule has 0 saturated heterocycles. The Morgan fingerprint density at radius 1 is 1.00 bits per heavy atom. The lowest BCUT2D eigenvalue weighted by Crippen LogP contribution is -2.02.